The summed E-state index contributed by atoms with van der Waals surface area (Å²) in [5.41, 5.74) is 1.44. The van der Waals surface area contributed by atoms with Crippen LogP contribution in [0.25, 0.3) is 10.9 Å². The summed E-state index contributed by atoms with van der Waals surface area (Å²) in [5.74, 6) is -0.767. The molecule has 1 aromatic carbocycles. The number of ether oxygens (including phenoxy) is 1. The van der Waals surface area contributed by atoms with Gasteiger partial charge < -0.3 is 14.6 Å². The number of hydrogen-bond donors (Lipinski definition) is 0. The number of carbonyl (C=O) groups is 1. The molecule has 0 aliphatic heterocycles. The van der Waals surface area contributed by atoms with Crippen molar-refractivity contribution in [1.29, 1.82) is 0 Å². The molecule has 0 radical (unpaired) electrons. The normalized spacial score (nSPS) is 10.5. The van der Waals surface area contributed by atoms with E-state index in [4.69, 9.17) is 4.74 Å². The minimum absolute atomic E-state index is 0.102. The predicted molar refractivity (Wildman–Crippen MR) is 62.0 cm³/mol. The monoisotopic (exact) mass is 230 g/mol. The van der Waals surface area contributed by atoms with Gasteiger partial charge in [-0.25, -0.2) is 4.98 Å². The van der Waals surface area contributed by atoms with Gasteiger partial charge in [0.05, 0.1) is 23.8 Å². The smallest absolute Gasteiger partial charge is 0.130 e. The number of carbonyl (C=O) groups excluding carboxylic acids is 1. The number of para-hydroxylation sites is 1. The van der Waals surface area contributed by atoms with E-state index in [0.717, 1.165) is 10.9 Å². The highest BCUT2D eigenvalue weighted by Crippen LogP contribution is 2.27. The van der Waals surface area contributed by atoms with Crippen LogP contribution >= 0.6 is 0 Å². The Morgan fingerprint density at radius 3 is 2.88 bits per heavy atom. The van der Waals surface area contributed by atoms with Crippen LogP contribution in [0, 0.1) is 6.92 Å². The number of hydrogen-bond acceptors (Lipinski definition) is 4. The first kappa shape index (κ1) is 11.4. The summed E-state index contributed by atoms with van der Waals surface area (Å²) in [7, 11) is 0. The van der Waals surface area contributed by atoms with Crippen LogP contribution in [0.2, 0.25) is 0 Å². The van der Waals surface area contributed by atoms with Gasteiger partial charge in [-0.15, -0.1) is 0 Å². The lowest BCUT2D eigenvalue weighted by Crippen LogP contribution is -2.23. The first-order chi connectivity index (χ1) is 8.13. The number of carboxylic acid groups (broad SMARTS) is 1. The number of aromatic carboxylic acids is 1. The third kappa shape index (κ3) is 2.06. The molecule has 0 saturated heterocycles. The summed E-state index contributed by atoms with van der Waals surface area (Å²) in [5, 5.41) is 11.7. The second-order valence-electron chi connectivity index (χ2n) is 3.70. The number of rotatable bonds is 3. The Morgan fingerprint density at radius 1 is 1.47 bits per heavy atom. The molecule has 88 valence electrons. The fraction of sp³-hybridized carbons (Fsp3) is 0.231. The standard InChI is InChI=1S/C13H13NO3/c1-3-17-11-7-10(13(15)16)14-12-8(2)5-4-6-9(11)12/h4-7H,3H2,1-2H3,(H,15,16)/p-1. The molecule has 1 heterocycles. The second kappa shape index (κ2) is 4.41. The zero-order valence-electron chi connectivity index (χ0n) is 9.69. The highest BCUT2D eigenvalue weighted by Gasteiger charge is 2.08. The predicted octanol–water partition coefficient (Wildman–Crippen LogP) is 1.31. The summed E-state index contributed by atoms with van der Waals surface area (Å²) in [6.45, 7) is 4.20. The lowest BCUT2D eigenvalue weighted by molar-refractivity contribution is -0.255. The molecule has 4 heteroatoms. The summed E-state index contributed by atoms with van der Waals surface area (Å²) in [6.07, 6.45) is 0. The van der Waals surface area contributed by atoms with Gasteiger partial charge in [-0.2, -0.15) is 0 Å². The van der Waals surface area contributed by atoms with Crippen LogP contribution in [-0.4, -0.2) is 17.6 Å². The zero-order chi connectivity index (χ0) is 12.4. The van der Waals surface area contributed by atoms with Gasteiger partial charge >= 0.3 is 0 Å². The molecule has 17 heavy (non-hydrogen) atoms. The third-order valence-electron chi connectivity index (χ3n) is 2.51. The first-order valence-electron chi connectivity index (χ1n) is 5.38. The van der Waals surface area contributed by atoms with E-state index in [0.29, 0.717) is 17.9 Å². The Morgan fingerprint density at radius 2 is 2.24 bits per heavy atom. The quantitative estimate of drug-likeness (QED) is 0.797. The van der Waals surface area contributed by atoms with Gasteiger partial charge in [0.15, 0.2) is 0 Å². The largest absolute Gasteiger partial charge is 0.543 e. The van der Waals surface area contributed by atoms with E-state index in [1.165, 1.54) is 6.07 Å². The van der Waals surface area contributed by atoms with Crippen LogP contribution in [0.15, 0.2) is 24.3 Å². The maximum absolute atomic E-state index is 10.9. The Bertz CT molecular complexity index is 578. The molecule has 0 aliphatic carbocycles. The molecule has 0 spiro atoms. The number of benzene rings is 1. The number of fused-ring (bicyclic) bond motifs is 1. The van der Waals surface area contributed by atoms with Crippen LogP contribution in [0.5, 0.6) is 5.75 Å². The van der Waals surface area contributed by atoms with Gasteiger partial charge in [0, 0.05) is 11.5 Å². The summed E-state index contributed by atoms with van der Waals surface area (Å²) in [6, 6.07) is 7.03. The minimum atomic E-state index is -1.30. The Labute approximate surface area is 98.9 Å². The van der Waals surface area contributed by atoms with Gasteiger partial charge in [-0.1, -0.05) is 12.1 Å². The van der Waals surface area contributed by atoms with E-state index < -0.39 is 5.97 Å². The van der Waals surface area contributed by atoms with Crippen LogP contribution in [0.1, 0.15) is 23.0 Å². The molecule has 0 bridgehead atoms. The van der Waals surface area contributed by atoms with Gasteiger partial charge in [-0.3, -0.25) is 0 Å². The van der Waals surface area contributed by atoms with Crippen molar-refractivity contribution in [3.05, 3.63) is 35.5 Å². The van der Waals surface area contributed by atoms with Crippen molar-refractivity contribution in [1.82, 2.24) is 4.98 Å². The maximum Gasteiger partial charge on any atom is 0.130 e. The van der Waals surface area contributed by atoms with E-state index in [1.807, 2.05) is 32.0 Å². The molecule has 2 rings (SSSR count). The fourth-order valence-electron chi connectivity index (χ4n) is 1.74. The lowest BCUT2D eigenvalue weighted by atomic mass is 10.1. The van der Waals surface area contributed by atoms with E-state index in [2.05, 4.69) is 4.98 Å². The van der Waals surface area contributed by atoms with Crippen molar-refractivity contribution in [3.63, 3.8) is 0 Å². The lowest BCUT2D eigenvalue weighted by Gasteiger charge is -2.11. The molecule has 0 amide bonds. The molecule has 0 aliphatic rings. The number of aryl methyl sites for hydroxylation is 1. The molecule has 0 saturated carbocycles. The SMILES string of the molecule is CCOc1cc(C(=O)[O-])nc2c(C)cccc12. The summed E-state index contributed by atoms with van der Waals surface area (Å²) >= 11 is 0. The number of pyridine rings is 1. The highest BCUT2D eigenvalue weighted by atomic mass is 16.5. The molecule has 4 nitrogen and oxygen atoms in total. The molecule has 0 N–H and O–H groups in total. The highest BCUT2D eigenvalue weighted by molar-refractivity contribution is 5.93. The maximum atomic E-state index is 10.9. The first-order valence-corrected chi connectivity index (χ1v) is 5.38. The molecule has 0 fully saturated rings. The van der Waals surface area contributed by atoms with Crippen molar-refractivity contribution in [2.45, 2.75) is 13.8 Å². The molecule has 1 aromatic heterocycles. The number of carboxylic acids is 1. The van der Waals surface area contributed by atoms with Crippen molar-refractivity contribution in [2.24, 2.45) is 0 Å². The van der Waals surface area contributed by atoms with E-state index in [1.54, 1.807) is 0 Å². The topological polar surface area (TPSA) is 62.2 Å². The van der Waals surface area contributed by atoms with Crippen LogP contribution in [-0.2, 0) is 0 Å². The number of nitrogens with zero attached hydrogens (tertiary/aromatic N) is 1. The van der Waals surface area contributed by atoms with E-state index >= 15 is 0 Å². The molecule has 0 atom stereocenters. The van der Waals surface area contributed by atoms with Gasteiger partial charge in [0.1, 0.15) is 5.75 Å². The van der Waals surface area contributed by atoms with Crippen molar-refractivity contribution in [3.8, 4) is 5.75 Å². The Hall–Kier alpha value is -2.10. The molecule has 2 aromatic rings. The minimum Gasteiger partial charge on any atom is -0.543 e. The Balaban J connectivity index is 2.76. The van der Waals surface area contributed by atoms with Gasteiger partial charge in [0.25, 0.3) is 0 Å². The van der Waals surface area contributed by atoms with Crippen LogP contribution in [0.4, 0.5) is 0 Å². The van der Waals surface area contributed by atoms with Crippen molar-refractivity contribution in [2.75, 3.05) is 6.61 Å². The fourth-order valence-corrected chi connectivity index (χ4v) is 1.74. The summed E-state index contributed by atoms with van der Waals surface area (Å²) in [4.78, 5) is 15.0. The van der Waals surface area contributed by atoms with Crippen LogP contribution < -0.4 is 9.84 Å². The van der Waals surface area contributed by atoms with Crippen LogP contribution in [0.3, 0.4) is 0 Å². The van der Waals surface area contributed by atoms with Crippen molar-refractivity contribution >= 4 is 16.9 Å². The average Bonchev–Trinajstić information content (AvgIpc) is 2.30. The summed E-state index contributed by atoms with van der Waals surface area (Å²) < 4.78 is 5.43. The van der Waals surface area contributed by atoms with E-state index in [-0.39, 0.29) is 5.69 Å². The molecule has 0 unspecified atom stereocenters. The molecular formula is C13H12NO3-. The van der Waals surface area contributed by atoms with Crippen molar-refractivity contribution < 1.29 is 14.6 Å². The Kier molecular flexibility index (Phi) is 2.95. The van der Waals surface area contributed by atoms with Gasteiger partial charge in [0.2, 0.25) is 0 Å². The third-order valence-corrected chi connectivity index (χ3v) is 2.51. The van der Waals surface area contributed by atoms with Gasteiger partial charge in [-0.05, 0) is 25.5 Å². The number of aromatic nitrogens is 1. The average molecular weight is 230 g/mol. The van der Waals surface area contributed by atoms with E-state index in [9.17, 15) is 9.90 Å². The molecular weight excluding hydrogens is 218 g/mol. The second-order valence-corrected chi connectivity index (χ2v) is 3.70. The zero-order valence-corrected chi connectivity index (χ0v) is 9.69.